The van der Waals surface area contributed by atoms with Crippen molar-refractivity contribution in [2.75, 3.05) is 19.6 Å². The molecule has 0 N–H and O–H groups in total. The number of nitrogens with zero attached hydrogens (tertiary/aromatic N) is 2. The van der Waals surface area contributed by atoms with Crippen LogP contribution in [0.5, 0.6) is 0 Å². The molecule has 1 saturated heterocycles. The van der Waals surface area contributed by atoms with Crippen LogP contribution in [0.3, 0.4) is 0 Å². The summed E-state index contributed by atoms with van der Waals surface area (Å²) in [5.74, 6) is 1.20. The second kappa shape index (κ2) is 7.45. The lowest BCUT2D eigenvalue weighted by molar-refractivity contribution is 0.0734. The Morgan fingerprint density at radius 1 is 1.07 bits per heavy atom. The summed E-state index contributed by atoms with van der Waals surface area (Å²) in [5.41, 5.74) is 2.16. The Morgan fingerprint density at radius 3 is 2.29 bits per heavy atom. The van der Waals surface area contributed by atoms with Crippen LogP contribution in [0, 0.1) is 25.7 Å². The van der Waals surface area contributed by atoms with E-state index in [4.69, 9.17) is 0 Å². The second-order valence-corrected chi connectivity index (χ2v) is 11.0. The minimum absolute atomic E-state index is 0.00113. The molecule has 154 valence electrons. The molecule has 1 heterocycles. The van der Waals surface area contributed by atoms with Gasteiger partial charge in [-0.25, -0.2) is 8.42 Å². The van der Waals surface area contributed by atoms with Gasteiger partial charge < -0.3 is 4.90 Å². The predicted molar refractivity (Wildman–Crippen MR) is 110 cm³/mol. The zero-order valence-electron chi connectivity index (χ0n) is 17.3. The molecule has 2 aliphatic carbocycles. The monoisotopic (exact) mass is 404 g/mol. The van der Waals surface area contributed by atoms with Crippen LogP contribution < -0.4 is 0 Å². The van der Waals surface area contributed by atoms with Crippen LogP contribution in [0.2, 0.25) is 0 Å². The molecule has 1 amide bonds. The van der Waals surface area contributed by atoms with Crippen molar-refractivity contribution in [3.63, 3.8) is 0 Å². The minimum atomic E-state index is -3.57. The number of hydrogen-bond donors (Lipinski definition) is 0. The second-order valence-electron chi connectivity index (χ2n) is 9.13. The Labute approximate surface area is 169 Å². The molecular formula is C22H32N2O3S. The molecule has 1 aromatic rings. The van der Waals surface area contributed by atoms with Crippen molar-refractivity contribution < 1.29 is 13.2 Å². The Bertz CT molecular complexity index is 864. The van der Waals surface area contributed by atoms with Gasteiger partial charge in [0.1, 0.15) is 0 Å². The van der Waals surface area contributed by atoms with Crippen molar-refractivity contribution in [3.8, 4) is 0 Å². The van der Waals surface area contributed by atoms with Crippen molar-refractivity contribution in [1.29, 1.82) is 0 Å². The lowest BCUT2D eigenvalue weighted by atomic mass is 10.0. The lowest BCUT2D eigenvalue weighted by Gasteiger charge is -2.30. The molecule has 28 heavy (non-hydrogen) atoms. The average Bonchev–Trinajstić information content (AvgIpc) is 3.55. The SMILES string of the molecule is Cc1cc(C(=O)N(CC2CC2)C2CC2)cc(S(=O)(=O)N2CCC(C)CC2)c1C. The van der Waals surface area contributed by atoms with Gasteiger partial charge in [-0.2, -0.15) is 4.31 Å². The highest BCUT2D eigenvalue weighted by Crippen LogP contribution is 2.36. The van der Waals surface area contributed by atoms with Gasteiger partial charge in [0.2, 0.25) is 10.0 Å². The van der Waals surface area contributed by atoms with E-state index in [0.29, 0.717) is 41.4 Å². The number of sulfonamides is 1. The first-order valence-corrected chi connectivity index (χ1v) is 12.1. The predicted octanol–water partition coefficient (Wildman–Crippen LogP) is 3.74. The van der Waals surface area contributed by atoms with Gasteiger partial charge in [-0.1, -0.05) is 6.92 Å². The maximum absolute atomic E-state index is 13.3. The van der Waals surface area contributed by atoms with Crippen molar-refractivity contribution in [3.05, 3.63) is 28.8 Å². The topological polar surface area (TPSA) is 57.7 Å². The van der Waals surface area contributed by atoms with E-state index in [1.54, 1.807) is 10.4 Å². The smallest absolute Gasteiger partial charge is 0.254 e. The quantitative estimate of drug-likeness (QED) is 0.726. The van der Waals surface area contributed by atoms with Gasteiger partial charge in [-0.05, 0) is 87.5 Å². The van der Waals surface area contributed by atoms with E-state index in [2.05, 4.69) is 6.92 Å². The Hall–Kier alpha value is -1.40. The van der Waals surface area contributed by atoms with Gasteiger partial charge in [0, 0.05) is 31.2 Å². The average molecular weight is 405 g/mol. The molecule has 4 rings (SSSR count). The van der Waals surface area contributed by atoms with Gasteiger partial charge in [0.05, 0.1) is 4.90 Å². The number of benzene rings is 1. The Kier molecular flexibility index (Phi) is 5.29. The first kappa shape index (κ1) is 19.9. The third-order valence-electron chi connectivity index (χ3n) is 6.63. The summed E-state index contributed by atoms with van der Waals surface area (Å²) in [4.78, 5) is 15.6. The molecule has 3 aliphatic rings. The molecule has 0 unspecified atom stereocenters. The van der Waals surface area contributed by atoms with E-state index in [0.717, 1.165) is 43.4 Å². The summed E-state index contributed by atoms with van der Waals surface area (Å²) in [6, 6.07) is 3.86. The van der Waals surface area contributed by atoms with Crippen LogP contribution in [0.25, 0.3) is 0 Å². The molecule has 0 aromatic heterocycles. The van der Waals surface area contributed by atoms with E-state index in [1.165, 1.54) is 12.8 Å². The molecule has 0 bridgehead atoms. The van der Waals surface area contributed by atoms with E-state index in [-0.39, 0.29) is 5.91 Å². The highest BCUT2D eigenvalue weighted by Gasteiger charge is 2.38. The number of carbonyl (C=O) groups is 1. The van der Waals surface area contributed by atoms with Crippen molar-refractivity contribution in [2.24, 2.45) is 11.8 Å². The van der Waals surface area contributed by atoms with Crippen molar-refractivity contribution in [2.45, 2.75) is 70.2 Å². The Balaban J connectivity index is 1.65. The van der Waals surface area contributed by atoms with E-state index in [9.17, 15) is 13.2 Å². The summed E-state index contributed by atoms with van der Waals surface area (Å²) < 4.78 is 28.3. The third kappa shape index (κ3) is 3.99. The summed E-state index contributed by atoms with van der Waals surface area (Å²) >= 11 is 0. The lowest BCUT2D eigenvalue weighted by Crippen LogP contribution is -2.38. The fourth-order valence-corrected chi connectivity index (χ4v) is 5.90. The van der Waals surface area contributed by atoms with Gasteiger partial charge in [-0.15, -0.1) is 0 Å². The molecule has 2 saturated carbocycles. The number of carbonyl (C=O) groups excluding carboxylic acids is 1. The molecule has 0 spiro atoms. The molecule has 5 nitrogen and oxygen atoms in total. The van der Waals surface area contributed by atoms with E-state index >= 15 is 0 Å². The summed E-state index contributed by atoms with van der Waals surface area (Å²) in [5, 5.41) is 0. The number of piperidine rings is 1. The molecule has 0 radical (unpaired) electrons. The number of amides is 1. The van der Waals surface area contributed by atoms with Gasteiger partial charge in [-0.3, -0.25) is 4.79 Å². The number of rotatable bonds is 6. The highest BCUT2D eigenvalue weighted by molar-refractivity contribution is 7.89. The summed E-state index contributed by atoms with van der Waals surface area (Å²) in [6.45, 7) is 7.89. The fraction of sp³-hybridized carbons (Fsp3) is 0.682. The zero-order chi connectivity index (χ0) is 20.1. The normalized spacial score (nSPS) is 21.7. The largest absolute Gasteiger partial charge is 0.335 e. The van der Waals surface area contributed by atoms with Crippen LogP contribution in [0.4, 0.5) is 0 Å². The highest BCUT2D eigenvalue weighted by atomic mass is 32.2. The standard InChI is InChI=1S/C22H32N2O3S/c1-15-8-10-23(11-9-15)28(26,27)21-13-19(12-16(2)17(21)3)22(25)24(20-6-7-20)14-18-4-5-18/h12-13,15,18,20H,4-11,14H2,1-3H3. The van der Waals surface area contributed by atoms with Crippen LogP contribution in [0.15, 0.2) is 17.0 Å². The van der Waals surface area contributed by atoms with Crippen molar-refractivity contribution >= 4 is 15.9 Å². The zero-order valence-corrected chi connectivity index (χ0v) is 18.1. The number of hydrogen-bond acceptors (Lipinski definition) is 3. The van der Waals surface area contributed by atoms with Gasteiger partial charge in [0.15, 0.2) is 0 Å². The molecule has 1 aromatic carbocycles. The number of aryl methyl sites for hydroxylation is 1. The van der Waals surface area contributed by atoms with Crippen LogP contribution in [0.1, 0.15) is 66.9 Å². The van der Waals surface area contributed by atoms with E-state index in [1.807, 2.05) is 24.8 Å². The van der Waals surface area contributed by atoms with Crippen LogP contribution >= 0.6 is 0 Å². The molecule has 3 fully saturated rings. The first-order chi connectivity index (χ1) is 13.3. The van der Waals surface area contributed by atoms with Gasteiger partial charge >= 0.3 is 0 Å². The molecule has 0 atom stereocenters. The van der Waals surface area contributed by atoms with Crippen molar-refractivity contribution in [1.82, 2.24) is 9.21 Å². The molecule has 1 aliphatic heterocycles. The maximum Gasteiger partial charge on any atom is 0.254 e. The summed E-state index contributed by atoms with van der Waals surface area (Å²) in [7, 11) is -3.57. The minimum Gasteiger partial charge on any atom is -0.335 e. The molecule has 6 heteroatoms. The third-order valence-corrected chi connectivity index (χ3v) is 8.65. The molecular weight excluding hydrogens is 372 g/mol. The maximum atomic E-state index is 13.3. The van der Waals surface area contributed by atoms with Gasteiger partial charge in [0.25, 0.3) is 5.91 Å². The fourth-order valence-electron chi connectivity index (χ4n) is 4.11. The first-order valence-electron chi connectivity index (χ1n) is 10.7. The van der Waals surface area contributed by atoms with Crippen LogP contribution in [-0.2, 0) is 10.0 Å². The van der Waals surface area contributed by atoms with E-state index < -0.39 is 10.0 Å². The van der Waals surface area contributed by atoms with Crippen LogP contribution in [-0.4, -0.2) is 49.2 Å². The Morgan fingerprint density at radius 2 is 1.71 bits per heavy atom. The summed E-state index contributed by atoms with van der Waals surface area (Å²) in [6.07, 6.45) is 6.34.